The number of benzene rings is 3. The van der Waals surface area contributed by atoms with Crippen molar-refractivity contribution in [3.05, 3.63) is 89.5 Å². The summed E-state index contributed by atoms with van der Waals surface area (Å²) in [6, 6.07) is 22.8. The Hall–Kier alpha value is -3.47. The fourth-order valence-electron chi connectivity index (χ4n) is 3.00. The van der Waals surface area contributed by atoms with Crippen LogP contribution in [0.1, 0.15) is 35.3 Å². The zero-order valence-corrected chi connectivity index (χ0v) is 17.4. The molecule has 1 N–H and O–H groups in total. The number of nitrogens with one attached hydrogen (secondary N) is 1. The minimum Gasteiger partial charge on any atom is -0.490 e. The van der Waals surface area contributed by atoms with Crippen LogP contribution >= 0.6 is 0 Å². The Balaban J connectivity index is 1.66. The number of carbonyl (C=O) groups is 1. The SMILES string of the molecule is CCOc1ccc(CNC(=O)c2ccccc2OCc2ccccc2)cc1OCC. The van der Waals surface area contributed by atoms with Crippen LogP contribution in [0.2, 0.25) is 0 Å². The van der Waals surface area contributed by atoms with E-state index in [9.17, 15) is 4.79 Å². The summed E-state index contributed by atoms with van der Waals surface area (Å²) in [6.07, 6.45) is 0. The van der Waals surface area contributed by atoms with Gasteiger partial charge < -0.3 is 19.5 Å². The van der Waals surface area contributed by atoms with Crippen molar-refractivity contribution in [1.29, 1.82) is 0 Å². The molecule has 0 aliphatic rings. The van der Waals surface area contributed by atoms with E-state index in [1.165, 1.54) is 0 Å². The van der Waals surface area contributed by atoms with Crippen LogP contribution < -0.4 is 19.5 Å². The average molecular weight is 405 g/mol. The zero-order valence-electron chi connectivity index (χ0n) is 17.4. The van der Waals surface area contributed by atoms with Crippen molar-refractivity contribution in [2.24, 2.45) is 0 Å². The summed E-state index contributed by atoms with van der Waals surface area (Å²) in [4.78, 5) is 12.8. The van der Waals surface area contributed by atoms with Crippen LogP contribution in [0.4, 0.5) is 0 Å². The van der Waals surface area contributed by atoms with Crippen LogP contribution in [0.3, 0.4) is 0 Å². The number of para-hydroxylation sites is 1. The van der Waals surface area contributed by atoms with Gasteiger partial charge in [0.2, 0.25) is 0 Å². The fraction of sp³-hybridized carbons (Fsp3) is 0.240. The number of ether oxygens (including phenoxy) is 3. The fourth-order valence-corrected chi connectivity index (χ4v) is 3.00. The molecule has 156 valence electrons. The predicted molar refractivity (Wildman–Crippen MR) is 117 cm³/mol. The van der Waals surface area contributed by atoms with Gasteiger partial charge in [-0.15, -0.1) is 0 Å². The van der Waals surface area contributed by atoms with E-state index in [2.05, 4.69) is 5.32 Å². The first kappa shape index (κ1) is 21.2. The van der Waals surface area contributed by atoms with Crippen LogP contribution in [0.25, 0.3) is 0 Å². The second-order valence-corrected chi connectivity index (χ2v) is 6.60. The van der Waals surface area contributed by atoms with E-state index < -0.39 is 0 Å². The largest absolute Gasteiger partial charge is 0.490 e. The third-order valence-corrected chi connectivity index (χ3v) is 4.43. The highest BCUT2D eigenvalue weighted by Crippen LogP contribution is 2.28. The molecule has 0 saturated carbocycles. The standard InChI is InChI=1S/C25H27NO4/c1-3-28-23-15-14-20(16-24(23)29-4-2)17-26-25(27)21-12-8-9-13-22(21)30-18-19-10-6-5-7-11-19/h5-16H,3-4,17-18H2,1-2H3,(H,26,27). The summed E-state index contributed by atoms with van der Waals surface area (Å²) in [7, 11) is 0. The Morgan fingerprint density at radius 3 is 2.20 bits per heavy atom. The van der Waals surface area contributed by atoms with Crippen molar-refractivity contribution in [3.63, 3.8) is 0 Å². The molecule has 0 atom stereocenters. The van der Waals surface area contributed by atoms with Crippen molar-refractivity contribution in [1.82, 2.24) is 5.32 Å². The highest BCUT2D eigenvalue weighted by molar-refractivity contribution is 5.96. The van der Waals surface area contributed by atoms with Crippen LogP contribution in [-0.2, 0) is 13.2 Å². The molecule has 5 heteroatoms. The molecular formula is C25H27NO4. The van der Waals surface area contributed by atoms with E-state index in [0.717, 1.165) is 11.1 Å². The number of amides is 1. The van der Waals surface area contributed by atoms with Gasteiger partial charge >= 0.3 is 0 Å². The maximum Gasteiger partial charge on any atom is 0.255 e. The van der Waals surface area contributed by atoms with Gasteiger partial charge in [0.15, 0.2) is 11.5 Å². The van der Waals surface area contributed by atoms with Gasteiger partial charge in [0.05, 0.1) is 18.8 Å². The summed E-state index contributed by atoms with van der Waals surface area (Å²) in [5.41, 5.74) is 2.48. The lowest BCUT2D eigenvalue weighted by Gasteiger charge is -2.14. The Bertz CT molecular complexity index is 956. The van der Waals surface area contributed by atoms with Crippen LogP contribution in [0.5, 0.6) is 17.2 Å². The van der Waals surface area contributed by atoms with E-state index in [1.807, 2.05) is 80.6 Å². The lowest BCUT2D eigenvalue weighted by Crippen LogP contribution is -2.23. The molecule has 0 spiro atoms. The van der Waals surface area contributed by atoms with E-state index in [4.69, 9.17) is 14.2 Å². The van der Waals surface area contributed by atoms with E-state index in [1.54, 1.807) is 6.07 Å². The molecule has 0 radical (unpaired) electrons. The molecule has 0 aromatic heterocycles. The molecule has 0 bridgehead atoms. The second kappa shape index (κ2) is 10.9. The molecule has 0 fully saturated rings. The van der Waals surface area contributed by atoms with Crippen molar-refractivity contribution < 1.29 is 19.0 Å². The average Bonchev–Trinajstić information content (AvgIpc) is 2.79. The summed E-state index contributed by atoms with van der Waals surface area (Å²) in [6.45, 7) is 5.75. The van der Waals surface area contributed by atoms with Crippen LogP contribution in [0.15, 0.2) is 72.8 Å². The molecule has 0 unspecified atom stereocenters. The Kier molecular flexibility index (Phi) is 7.72. The lowest BCUT2D eigenvalue weighted by molar-refractivity contribution is 0.0946. The summed E-state index contributed by atoms with van der Waals surface area (Å²) >= 11 is 0. The van der Waals surface area contributed by atoms with Crippen molar-refractivity contribution in [2.75, 3.05) is 13.2 Å². The first-order chi connectivity index (χ1) is 14.7. The number of carbonyl (C=O) groups excluding carboxylic acids is 1. The Labute approximate surface area is 177 Å². The van der Waals surface area contributed by atoms with Gasteiger partial charge in [-0.25, -0.2) is 0 Å². The third kappa shape index (κ3) is 5.77. The molecule has 0 aliphatic heterocycles. The molecule has 30 heavy (non-hydrogen) atoms. The van der Waals surface area contributed by atoms with Gasteiger partial charge in [-0.1, -0.05) is 48.5 Å². The van der Waals surface area contributed by atoms with Gasteiger partial charge in [-0.2, -0.15) is 0 Å². The molecule has 0 heterocycles. The molecule has 5 nitrogen and oxygen atoms in total. The molecule has 0 saturated heterocycles. The van der Waals surface area contributed by atoms with Crippen molar-refractivity contribution in [2.45, 2.75) is 27.0 Å². The summed E-state index contributed by atoms with van der Waals surface area (Å²) in [5.74, 6) is 1.75. The molecule has 3 aromatic carbocycles. The second-order valence-electron chi connectivity index (χ2n) is 6.60. The quantitative estimate of drug-likeness (QED) is 0.516. The highest BCUT2D eigenvalue weighted by Gasteiger charge is 2.13. The third-order valence-electron chi connectivity index (χ3n) is 4.43. The number of hydrogen-bond donors (Lipinski definition) is 1. The molecule has 3 rings (SSSR count). The number of hydrogen-bond acceptors (Lipinski definition) is 4. The van der Waals surface area contributed by atoms with Crippen molar-refractivity contribution in [3.8, 4) is 17.2 Å². The maximum absolute atomic E-state index is 12.8. The van der Waals surface area contributed by atoms with Crippen LogP contribution in [-0.4, -0.2) is 19.1 Å². The minimum atomic E-state index is -0.189. The van der Waals surface area contributed by atoms with Gasteiger partial charge in [-0.05, 0) is 49.2 Å². The first-order valence-electron chi connectivity index (χ1n) is 10.1. The Morgan fingerprint density at radius 2 is 1.43 bits per heavy atom. The van der Waals surface area contributed by atoms with E-state index in [-0.39, 0.29) is 5.91 Å². The lowest BCUT2D eigenvalue weighted by atomic mass is 10.1. The monoisotopic (exact) mass is 405 g/mol. The topological polar surface area (TPSA) is 56.8 Å². The van der Waals surface area contributed by atoms with E-state index in [0.29, 0.717) is 49.2 Å². The Morgan fingerprint density at radius 1 is 0.733 bits per heavy atom. The minimum absolute atomic E-state index is 0.189. The van der Waals surface area contributed by atoms with Crippen molar-refractivity contribution >= 4 is 5.91 Å². The molecule has 0 aliphatic carbocycles. The van der Waals surface area contributed by atoms with Gasteiger partial charge in [0.25, 0.3) is 5.91 Å². The van der Waals surface area contributed by atoms with E-state index >= 15 is 0 Å². The molecule has 3 aromatic rings. The molecular weight excluding hydrogens is 378 g/mol. The predicted octanol–water partition coefficient (Wildman–Crippen LogP) is 4.99. The maximum atomic E-state index is 12.8. The highest BCUT2D eigenvalue weighted by atomic mass is 16.5. The van der Waals surface area contributed by atoms with Crippen LogP contribution in [0, 0.1) is 0 Å². The number of rotatable bonds is 10. The summed E-state index contributed by atoms with van der Waals surface area (Å²) < 4.78 is 17.1. The molecule has 1 amide bonds. The first-order valence-corrected chi connectivity index (χ1v) is 10.1. The smallest absolute Gasteiger partial charge is 0.255 e. The normalized spacial score (nSPS) is 10.3. The summed E-state index contributed by atoms with van der Waals surface area (Å²) in [5, 5.41) is 2.96. The zero-order chi connectivity index (χ0) is 21.2. The van der Waals surface area contributed by atoms with Gasteiger partial charge in [0, 0.05) is 6.54 Å². The van der Waals surface area contributed by atoms with Gasteiger partial charge in [-0.3, -0.25) is 4.79 Å². The van der Waals surface area contributed by atoms with Gasteiger partial charge in [0.1, 0.15) is 12.4 Å².